The summed E-state index contributed by atoms with van der Waals surface area (Å²) in [6, 6.07) is 1.55. The summed E-state index contributed by atoms with van der Waals surface area (Å²) in [6.07, 6.45) is 2.45. The zero-order valence-electron chi connectivity index (χ0n) is 10.0. The van der Waals surface area contributed by atoms with E-state index in [-0.39, 0.29) is 17.2 Å². The first kappa shape index (κ1) is 13.6. The number of carbonyl (C=O) groups excluding carboxylic acids is 1. The van der Waals surface area contributed by atoms with E-state index in [1.807, 2.05) is 6.92 Å². The van der Waals surface area contributed by atoms with Crippen LogP contribution in [-0.2, 0) is 4.74 Å². The summed E-state index contributed by atoms with van der Waals surface area (Å²) in [4.78, 5) is 17.9. The summed E-state index contributed by atoms with van der Waals surface area (Å²) in [5.74, 6) is -0.0807. The molecule has 0 aliphatic carbocycles. The average Bonchev–Trinajstić information content (AvgIpc) is 2.41. The third-order valence-corrected chi connectivity index (χ3v) is 3.61. The van der Waals surface area contributed by atoms with Crippen molar-refractivity contribution in [2.45, 2.75) is 19.4 Å². The van der Waals surface area contributed by atoms with Crippen LogP contribution in [0.15, 0.2) is 12.3 Å². The summed E-state index contributed by atoms with van der Waals surface area (Å²) in [6.45, 7) is 3.81. The van der Waals surface area contributed by atoms with E-state index in [1.54, 1.807) is 11.0 Å². The van der Waals surface area contributed by atoms with E-state index in [4.69, 9.17) is 27.9 Å². The fourth-order valence-electron chi connectivity index (χ4n) is 1.87. The van der Waals surface area contributed by atoms with Crippen molar-refractivity contribution in [1.82, 2.24) is 9.88 Å². The maximum atomic E-state index is 12.3. The molecule has 98 valence electrons. The minimum Gasteiger partial charge on any atom is -0.375 e. The molecule has 2 heterocycles. The number of amides is 1. The quantitative estimate of drug-likeness (QED) is 0.786. The van der Waals surface area contributed by atoms with E-state index in [2.05, 4.69) is 4.98 Å². The molecule has 0 saturated carbocycles. The molecule has 1 amide bonds. The Bertz CT molecular complexity index is 454. The Kier molecular flexibility index (Phi) is 4.43. The second-order valence-electron chi connectivity index (χ2n) is 4.15. The van der Waals surface area contributed by atoms with Crippen LogP contribution in [0.5, 0.6) is 0 Å². The number of morpholine rings is 1. The van der Waals surface area contributed by atoms with Gasteiger partial charge in [-0.3, -0.25) is 4.79 Å². The molecule has 1 aromatic rings. The van der Waals surface area contributed by atoms with Gasteiger partial charge in [-0.2, -0.15) is 0 Å². The van der Waals surface area contributed by atoms with Gasteiger partial charge in [-0.05, 0) is 12.5 Å². The number of nitrogens with zero attached hydrogens (tertiary/aromatic N) is 2. The molecule has 0 N–H and O–H groups in total. The highest BCUT2D eigenvalue weighted by molar-refractivity contribution is 6.41. The van der Waals surface area contributed by atoms with Gasteiger partial charge in [0, 0.05) is 19.3 Å². The molecule has 4 nitrogen and oxygen atoms in total. The molecule has 1 aliphatic rings. The SMILES string of the molecule is CCC1CN(C(=O)c2cnc(Cl)c(Cl)c2)CCO1. The van der Waals surface area contributed by atoms with Crippen molar-refractivity contribution in [3.05, 3.63) is 28.0 Å². The van der Waals surface area contributed by atoms with E-state index in [0.29, 0.717) is 30.3 Å². The second kappa shape index (κ2) is 5.87. The highest BCUT2D eigenvalue weighted by Gasteiger charge is 2.24. The summed E-state index contributed by atoms with van der Waals surface area (Å²) in [5, 5.41) is 0.504. The first-order valence-corrected chi connectivity index (χ1v) is 6.59. The molecule has 1 unspecified atom stereocenters. The van der Waals surface area contributed by atoms with Crippen LogP contribution < -0.4 is 0 Å². The Balaban J connectivity index is 2.12. The molecule has 2 rings (SSSR count). The monoisotopic (exact) mass is 288 g/mol. The highest BCUT2D eigenvalue weighted by atomic mass is 35.5. The Morgan fingerprint density at radius 2 is 2.39 bits per heavy atom. The van der Waals surface area contributed by atoms with Crippen molar-refractivity contribution in [2.24, 2.45) is 0 Å². The van der Waals surface area contributed by atoms with Crippen LogP contribution >= 0.6 is 23.2 Å². The number of hydrogen-bond donors (Lipinski definition) is 0. The van der Waals surface area contributed by atoms with Crippen molar-refractivity contribution >= 4 is 29.1 Å². The van der Waals surface area contributed by atoms with Gasteiger partial charge < -0.3 is 9.64 Å². The maximum absolute atomic E-state index is 12.3. The lowest BCUT2D eigenvalue weighted by atomic mass is 10.2. The largest absolute Gasteiger partial charge is 0.375 e. The van der Waals surface area contributed by atoms with Gasteiger partial charge in [0.25, 0.3) is 5.91 Å². The van der Waals surface area contributed by atoms with E-state index in [0.717, 1.165) is 6.42 Å². The van der Waals surface area contributed by atoms with E-state index in [9.17, 15) is 4.79 Å². The van der Waals surface area contributed by atoms with E-state index < -0.39 is 0 Å². The molecule has 6 heteroatoms. The second-order valence-corrected chi connectivity index (χ2v) is 4.91. The van der Waals surface area contributed by atoms with Crippen LogP contribution in [0.3, 0.4) is 0 Å². The maximum Gasteiger partial charge on any atom is 0.255 e. The molecule has 18 heavy (non-hydrogen) atoms. The summed E-state index contributed by atoms with van der Waals surface area (Å²) < 4.78 is 5.53. The van der Waals surface area contributed by atoms with Crippen molar-refractivity contribution in [3.63, 3.8) is 0 Å². The van der Waals surface area contributed by atoms with Crippen molar-refractivity contribution in [2.75, 3.05) is 19.7 Å². The Labute approximate surface area is 116 Å². The van der Waals surface area contributed by atoms with E-state index >= 15 is 0 Å². The summed E-state index contributed by atoms with van der Waals surface area (Å²) in [7, 11) is 0. The van der Waals surface area contributed by atoms with Gasteiger partial charge in [0.05, 0.1) is 23.3 Å². The number of carbonyl (C=O) groups is 1. The lowest BCUT2D eigenvalue weighted by molar-refractivity contribution is -0.0226. The van der Waals surface area contributed by atoms with Gasteiger partial charge in [-0.25, -0.2) is 4.98 Å². The number of pyridine rings is 1. The van der Waals surface area contributed by atoms with Crippen molar-refractivity contribution in [1.29, 1.82) is 0 Å². The third-order valence-electron chi connectivity index (χ3n) is 2.92. The smallest absolute Gasteiger partial charge is 0.255 e. The molecule has 1 aliphatic heterocycles. The summed E-state index contributed by atoms with van der Waals surface area (Å²) >= 11 is 11.6. The van der Waals surface area contributed by atoms with Gasteiger partial charge >= 0.3 is 0 Å². The fourth-order valence-corrected chi connectivity index (χ4v) is 2.14. The van der Waals surface area contributed by atoms with Gasteiger partial charge in [0.2, 0.25) is 0 Å². The molecular formula is C12H14Cl2N2O2. The molecule has 0 radical (unpaired) electrons. The van der Waals surface area contributed by atoms with Gasteiger partial charge in [-0.1, -0.05) is 30.1 Å². The number of aromatic nitrogens is 1. The van der Waals surface area contributed by atoms with Crippen LogP contribution in [-0.4, -0.2) is 41.6 Å². The van der Waals surface area contributed by atoms with Gasteiger partial charge in [0.1, 0.15) is 5.15 Å². The van der Waals surface area contributed by atoms with Crippen LogP contribution in [0.2, 0.25) is 10.2 Å². The molecule has 1 atom stereocenters. The normalized spacial score (nSPS) is 19.9. The number of halogens is 2. The number of hydrogen-bond acceptors (Lipinski definition) is 3. The standard InChI is InChI=1S/C12H14Cl2N2O2/c1-2-9-7-16(3-4-18-9)12(17)8-5-10(13)11(14)15-6-8/h5-6,9H,2-4,7H2,1H3. The lowest BCUT2D eigenvalue weighted by Gasteiger charge is -2.32. The molecule has 0 aromatic carbocycles. The minimum absolute atomic E-state index is 0.0807. The predicted molar refractivity (Wildman–Crippen MR) is 70.2 cm³/mol. The minimum atomic E-state index is -0.0807. The average molecular weight is 289 g/mol. The van der Waals surface area contributed by atoms with Crippen LogP contribution in [0.4, 0.5) is 0 Å². The van der Waals surface area contributed by atoms with E-state index in [1.165, 1.54) is 6.20 Å². The topological polar surface area (TPSA) is 42.4 Å². The summed E-state index contributed by atoms with van der Waals surface area (Å²) in [5.41, 5.74) is 0.459. The van der Waals surface area contributed by atoms with Crippen LogP contribution in [0, 0.1) is 0 Å². The molecule has 1 fully saturated rings. The molecule has 0 spiro atoms. The predicted octanol–water partition coefficient (Wildman–Crippen LogP) is 2.64. The Hall–Kier alpha value is -0.840. The molecule has 1 aromatic heterocycles. The zero-order valence-corrected chi connectivity index (χ0v) is 11.5. The first-order valence-electron chi connectivity index (χ1n) is 5.83. The zero-order chi connectivity index (χ0) is 13.1. The lowest BCUT2D eigenvalue weighted by Crippen LogP contribution is -2.45. The Morgan fingerprint density at radius 3 is 3.06 bits per heavy atom. The van der Waals surface area contributed by atoms with Gasteiger partial charge in [0.15, 0.2) is 0 Å². The fraction of sp³-hybridized carbons (Fsp3) is 0.500. The Morgan fingerprint density at radius 1 is 1.61 bits per heavy atom. The number of ether oxygens (including phenoxy) is 1. The first-order chi connectivity index (χ1) is 8.61. The molecule has 1 saturated heterocycles. The van der Waals surface area contributed by atoms with Crippen molar-refractivity contribution < 1.29 is 9.53 Å². The van der Waals surface area contributed by atoms with Gasteiger partial charge in [-0.15, -0.1) is 0 Å². The van der Waals surface area contributed by atoms with Crippen molar-refractivity contribution in [3.8, 4) is 0 Å². The van der Waals surface area contributed by atoms with Crippen LogP contribution in [0.1, 0.15) is 23.7 Å². The molecular weight excluding hydrogens is 275 g/mol. The molecule has 0 bridgehead atoms. The highest BCUT2D eigenvalue weighted by Crippen LogP contribution is 2.21. The third kappa shape index (κ3) is 2.94. The number of rotatable bonds is 2. The van der Waals surface area contributed by atoms with Crippen LogP contribution in [0.25, 0.3) is 0 Å².